The van der Waals surface area contributed by atoms with Crippen molar-refractivity contribution in [2.45, 2.75) is 46.4 Å². The van der Waals surface area contributed by atoms with E-state index in [1.807, 2.05) is 39.1 Å². The molecule has 21 heavy (non-hydrogen) atoms. The number of pyridine rings is 1. The van der Waals surface area contributed by atoms with Crippen molar-refractivity contribution in [1.29, 1.82) is 0 Å². The lowest BCUT2D eigenvalue weighted by molar-refractivity contribution is 0.242. The standard InChI is InChI=1S/C18H24N2O/c1-13(2)21-18-7-5-6-16(10-18)15(4)19-12-17-9-8-14(3)11-20-17/h5-11,13,15,19H,12H2,1-4H3. The van der Waals surface area contributed by atoms with Crippen LogP contribution in [0.3, 0.4) is 0 Å². The Hall–Kier alpha value is -1.87. The molecule has 2 aromatic rings. The second kappa shape index (κ2) is 7.23. The van der Waals surface area contributed by atoms with Gasteiger partial charge in [-0.25, -0.2) is 0 Å². The molecule has 1 atom stereocenters. The fourth-order valence-electron chi connectivity index (χ4n) is 2.11. The first-order valence-electron chi connectivity index (χ1n) is 7.46. The molecule has 0 bridgehead atoms. The van der Waals surface area contributed by atoms with Gasteiger partial charge >= 0.3 is 0 Å². The number of aryl methyl sites for hydroxylation is 1. The van der Waals surface area contributed by atoms with Gasteiger partial charge in [0.15, 0.2) is 0 Å². The maximum atomic E-state index is 5.74. The Kier molecular flexibility index (Phi) is 5.34. The number of benzene rings is 1. The summed E-state index contributed by atoms with van der Waals surface area (Å²) in [6, 6.07) is 12.7. The molecule has 0 saturated carbocycles. The molecule has 1 N–H and O–H groups in total. The summed E-state index contributed by atoms with van der Waals surface area (Å²) in [6.07, 6.45) is 2.10. The molecule has 0 aliphatic carbocycles. The maximum Gasteiger partial charge on any atom is 0.120 e. The molecule has 0 fully saturated rings. The van der Waals surface area contributed by atoms with Crippen molar-refractivity contribution < 1.29 is 4.74 Å². The zero-order valence-electron chi connectivity index (χ0n) is 13.3. The summed E-state index contributed by atoms with van der Waals surface area (Å²) in [7, 11) is 0. The molecule has 1 heterocycles. The van der Waals surface area contributed by atoms with Crippen LogP contribution in [-0.4, -0.2) is 11.1 Å². The van der Waals surface area contributed by atoms with Crippen LogP contribution in [0.5, 0.6) is 5.75 Å². The number of hydrogen-bond donors (Lipinski definition) is 1. The van der Waals surface area contributed by atoms with Crippen LogP contribution in [0.25, 0.3) is 0 Å². The van der Waals surface area contributed by atoms with Crippen LogP contribution >= 0.6 is 0 Å². The lowest BCUT2D eigenvalue weighted by Crippen LogP contribution is -2.19. The molecule has 1 unspecified atom stereocenters. The third-order valence-electron chi connectivity index (χ3n) is 3.29. The predicted octanol–water partition coefficient (Wildman–Crippen LogP) is 4.03. The van der Waals surface area contributed by atoms with Gasteiger partial charge in [-0.15, -0.1) is 0 Å². The van der Waals surface area contributed by atoms with Crippen LogP contribution in [0.4, 0.5) is 0 Å². The van der Waals surface area contributed by atoms with Gasteiger partial charge in [-0.2, -0.15) is 0 Å². The first kappa shape index (κ1) is 15.5. The van der Waals surface area contributed by atoms with Gasteiger partial charge in [0, 0.05) is 18.8 Å². The molecule has 0 aliphatic heterocycles. The van der Waals surface area contributed by atoms with Crippen molar-refractivity contribution in [1.82, 2.24) is 10.3 Å². The van der Waals surface area contributed by atoms with Gasteiger partial charge in [0.25, 0.3) is 0 Å². The number of rotatable bonds is 6. The van der Waals surface area contributed by atoms with E-state index in [-0.39, 0.29) is 12.1 Å². The molecule has 0 saturated heterocycles. The number of aromatic nitrogens is 1. The minimum Gasteiger partial charge on any atom is -0.491 e. The molecule has 3 heteroatoms. The third-order valence-corrected chi connectivity index (χ3v) is 3.29. The summed E-state index contributed by atoms with van der Waals surface area (Å²) in [5, 5.41) is 3.50. The van der Waals surface area contributed by atoms with E-state index in [1.54, 1.807) is 0 Å². The second-order valence-corrected chi connectivity index (χ2v) is 5.67. The number of ether oxygens (including phenoxy) is 1. The molecule has 0 amide bonds. The van der Waals surface area contributed by atoms with Crippen LogP contribution in [-0.2, 0) is 6.54 Å². The van der Waals surface area contributed by atoms with Crippen molar-refractivity contribution in [2.75, 3.05) is 0 Å². The van der Waals surface area contributed by atoms with E-state index in [2.05, 4.69) is 41.5 Å². The van der Waals surface area contributed by atoms with Gasteiger partial charge in [0.05, 0.1) is 11.8 Å². The fraction of sp³-hybridized carbons (Fsp3) is 0.389. The van der Waals surface area contributed by atoms with E-state index >= 15 is 0 Å². The van der Waals surface area contributed by atoms with Gasteiger partial charge in [-0.3, -0.25) is 4.98 Å². The normalized spacial score (nSPS) is 12.4. The number of nitrogens with zero attached hydrogens (tertiary/aromatic N) is 1. The third kappa shape index (κ3) is 4.87. The molecule has 1 aromatic heterocycles. The Morgan fingerprint density at radius 3 is 2.62 bits per heavy atom. The molecule has 0 radical (unpaired) electrons. The fourth-order valence-corrected chi connectivity index (χ4v) is 2.11. The molecule has 0 spiro atoms. The summed E-state index contributed by atoms with van der Waals surface area (Å²) in [4.78, 5) is 4.41. The molecule has 0 aliphatic rings. The molecular weight excluding hydrogens is 260 g/mol. The Balaban J connectivity index is 1.96. The molecule has 3 nitrogen and oxygen atoms in total. The second-order valence-electron chi connectivity index (χ2n) is 5.67. The summed E-state index contributed by atoms with van der Waals surface area (Å²) in [6.45, 7) is 9.04. The molecular formula is C18H24N2O. The zero-order chi connectivity index (χ0) is 15.2. The number of nitrogens with one attached hydrogen (secondary N) is 1. The highest BCUT2D eigenvalue weighted by molar-refractivity contribution is 5.30. The van der Waals surface area contributed by atoms with Crippen molar-refractivity contribution in [3.05, 3.63) is 59.4 Å². The van der Waals surface area contributed by atoms with Crippen LogP contribution in [0, 0.1) is 6.92 Å². The Bertz CT molecular complexity index is 564. The molecule has 112 valence electrons. The maximum absolute atomic E-state index is 5.74. The Morgan fingerprint density at radius 2 is 1.95 bits per heavy atom. The lowest BCUT2D eigenvalue weighted by atomic mass is 10.1. The minimum absolute atomic E-state index is 0.195. The summed E-state index contributed by atoms with van der Waals surface area (Å²) >= 11 is 0. The van der Waals surface area contributed by atoms with Gasteiger partial charge in [0.2, 0.25) is 0 Å². The van der Waals surface area contributed by atoms with Crippen molar-refractivity contribution in [3.63, 3.8) is 0 Å². The summed E-state index contributed by atoms with van der Waals surface area (Å²) in [5.41, 5.74) is 3.47. The van der Waals surface area contributed by atoms with Gasteiger partial charge in [0.1, 0.15) is 5.75 Å². The van der Waals surface area contributed by atoms with E-state index in [0.717, 1.165) is 18.0 Å². The highest BCUT2D eigenvalue weighted by Crippen LogP contribution is 2.20. The van der Waals surface area contributed by atoms with Gasteiger partial charge in [-0.1, -0.05) is 18.2 Å². The quantitative estimate of drug-likeness (QED) is 0.869. The zero-order valence-corrected chi connectivity index (χ0v) is 13.3. The summed E-state index contributed by atoms with van der Waals surface area (Å²) < 4.78 is 5.74. The van der Waals surface area contributed by atoms with E-state index < -0.39 is 0 Å². The topological polar surface area (TPSA) is 34.1 Å². The molecule has 1 aromatic carbocycles. The number of hydrogen-bond acceptors (Lipinski definition) is 3. The Labute approximate surface area is 127 Å². The lowest BCUT2D eigenvalue weighted by Gasteiger charge is -2.16. The first-order chi connectivity index (χ1) is 10.0. The van der Waals surface area contributed by atoms with Gasteiger partial charge < -0.3 is 10.1 Å². The van der Waals surface area contributed by atoms with Crippen molar-refractivity contribution in [3.8, 4) is 5.75 Å². The predicted molar refractivity (Wildman–Crippen MR) is 86.4 cm³/mol. The average molecular weight is 284 g/mol. The van der Waals surface area contributed by atoms with Crippen LogP contribution in [0.1, 0.15) is 43.6 Å². The van der Waals surface area contributed by atoms with Crippen LogP contribution < -0.4 is 10.1 Å². The minimum atomic E-state index is 0.195. The SMILES string of the molecule is Cc1ccc(CNC(C)c2cccc(OC(C)C)c2)nc1. The van der Waals surface area contributed by atoms with Crippen molar-refractivity contribution in [2.24, 2.45) is 0 Å². The highest BCUT2D eigenvalue weighted by atomic mass is 16.5. The van der Waals surface area contributed by atoms with Crippen molar-refractivity contribution >= 4 is 0 Å². The highest BCUT2D eigenvalue weighted by Gasteiger charge is 2.07. The van der Waals surface area contributed by atoms with E-state index in [4.69, 9.17) is 4.74 Å². The van der Waals surface area contributed by atoms with Crippen LogP contribution in [0.15, 0.2) is 42.6 Å². The van der Waals surface area contributed by atoms with Crippen LogP contribution in [0.2, 0.25) is 0 Å². The van der Waals surface area contributed by atoms with E-state index in [1.165, 1.54) is 11.1 Å². The molecule has 2 rings (SSSR count). The van der Waals surface area contributed by atoms with Gasteiger partial charge in [-0.05, 0) is 57.0 Å². The monoisotopic (exact) mass is 284 g/mol. The average Bonchev–Trinajstić information content (AvgIpc) is 2.46. The van der Waals surface area contributed by atoms with E-state index in [9.17, 15) is 0 Å². The smallest absolute Gasteiger partial charge is 0.120 e. The summed E-state index contributed by atoms with van der Waals surface area (Å²) in [5.74, 6) is 0.921. The first-order valence-corrected chi connectivity index (χ1v) is 7.46. The Morgan fingerprint density at radius 1 is 1.14 bits per heavy atom. The van der Waals surface area contributed by atoms with E-state index in [0.29, 0.717) is 0 Å². The largest absolute Gasteiger partial charge is 0.491 e.